The summed E-state index contributed by atoms with van der Waals surface area (Å²) in [5.74, 6) is -0.310. The summed E-state index contributed by atoms with van der Waals surface area (Å²) in [7, 11) is 0. The number of aliphatic hydroxyl groups excluding tert-OH is 3. The largest absolute Gasteiger partial charge is 0.394 e. The maximum atomic E-state index is 12.5. The van der Waals surface area contributed by atoms with Crippen molar-refractivity contribution in [3.8, 4) is 0 Å². The Morgan fingerprint density at radius 3 is 0.924 bits per heavy atom. The lowest BCUT2D eigenvalue weighted by atomic mass is 10.0. The first-order chi connectivity index (χ1) is 32.5. The molecule has 0 aliphatic carbocycles. The van der Waals surface area contributed by atoms with Gasteiger partial charge in [-0.1, -0.05) is 308 Å². The normalized spacial score (nSPS) is 13.3. The number of carbonyl (C=O) groups is 1. The number of aliphatic hydroxyl groups is 3. The Morgan fingerprint density at radius 1 is 0.379 bits per heavy atom. The lowest BCUT2D eigenvalue weighted by Gasteiger charge is -2.21. The van der Waals surface area contributed by atoms with Gasteiger partial charge in [0.1, 0.15) is 0 Å². The van der Waals surface area contributed by atoms with E-state index in [1.807, 2.05) is 6.08 Å². The van der Waals surface area contributed by atoms with E-state index in [9.17, 15) is 20.1 Å². The monoisotopic (exact) mass is 930 g/mol. The minimum absolute atomic E-state index is 0.0165. The number of hydrogen-bond donors (Lipinski definition) is 4. The van der Waals surface area contributed by atoms with Gasteiger partial charge in [0.15, 0.2) is 0 Å². The van der Waals surface area contributed by atoms with Crippen LogP contribution in [0.15, 0.2) is 24.3 Å². The molecular formula is C61H119NO4. The van der Waals surface area contributed by atoms with Gasteiger partial charge in [-0.3, -0.25) is 4.79 Å². The fourth-order valence-corrected chi connectivity index (χ4v) is 9.63. The van der Waals surface area contributed by atoms with Crippen molar-refractivity contribution >= 4 is 5.91 Å². The van der Waals surface area contributed by atoms with Crippen LogP contribution in [-0.4, -0.2) is 46.1 Å². The summed E-state index contributed by atoms with van der Waals surface area (Å²) in [6.45, 7) is 4.26. The first kappa shape index (κ1) is 64.8. The topological polar surface area (TPSA) is 89.8 Å². The molecule has 0 heterocycles. The summed E-state index contributed by atoms with van der Waals surface area (Å²) in [5.41, 5.74) is 0. The van der Waals surface area contributed by atoms with Crippen molar-refractivity contribution in [2.75, 3.05) is 6.61 Å². The second kappa shape index (κ2) is 56.4. The van der Waals surface area contributed by atoms with Crippen molar-refractivity contribution in [3.05, 3.63) is 24.3 Å². The van der Waals surface area contributed by atoms with Gasteiger partial charge in [-0.15, -0.1) is 0 Å². The predicted molar refractivity (Wildman–Crippen MR) is 292 cm³/mol. The quantitative estimate of drug-likeness (QED) is 0.0361. The summed E-state index contributed by atoms with van der Waals surface area (Å²) in [5, 5.41) is 33.5. The highest BCUT2D eigenvalue weighted by Gasteiger charge is 2.20. The zero-order valence-corrected chi connectivity index (χ0v) is 44.9. The smallest absolute Gasteiger partial charge is 0.222 e. The van der Waals surface area contributed by atoms with E-state index >= 15 is 0 Å². The maximum Gasteiger partial charge on any atom is 0.222 e. The second-order valence-corrected chi connectivity index (χ2v) is 21.0. The number of carbonyl (C=O) groups excluding carboxylic acids is 1. The number of unbranched alkanes of at least 4 members (excludes halogenated alkanes) is 45. The van der Waals surface area contributed by atoms with Gasteiger partial charge < -0.3 is 20.6 Å². The molecule has 0 aromatic carbocycles. The van der Waals surface area contributed by atoms with Crippen molar-refractivity contribution in [2.45, 2.75) is 353 Å². The first-order valence-corrected chi connectivity index (χ1v) is 30.1. The van der Waals surface area contributed by atoms with Crippen molar-refractivity contribution < 1.29 is 20.1 Å². The molecule has 0 fully saturated rings. The number of nitrogens with one attached hydrogen (secondary N) is 1. The Bertz CT molecular complexity index is 982. The third kappa shape index (κ3) is 52.2. The summed E-state index contributed by atoms with van der Waals surface area (Å²) in [4.78, 5) is 12.5. The Morgan fingerprint density at radius 2 is 0.636 bits per heavy atom. The van der Waals surface area contributed by atoms with Gasteiger partial charge in [-0.2, -0.15) is 0 Å². The summed E-state index contributed by atoms with van der Waals surface area (Å²) in [6, 6.07) is -0.744. The van der Waals surface area contributed by atoms with E-state index in [1.54, 1.807) is 6.08 Å². The van der Waals surface area contributed by atoms with E-state index in [2.05, 4.69) is 31.3 Å². The number of amides is 1. The maximum absolute atomic E-state index is 12.5. The third-order valence-electron chi connectivity index (χ3n) is 14.2. The molecule has 1 amide bonds. The van der Waals surface area contributed by atoms with Crippen molar-refractivity contribution in [2.24, 2.45) is 0 Å². The molecule has 0 spiro atoms. The number of rotatable bonds is 56. The van der Waals surface area contributed by atoms with Crippen LogP contribution in [0.1, 0.15) is 335 Å². The van der Waals surface area contributed by atoms with E-state index < -0.39 is 18.2 Å². The molecular weight excluding hydrogens is 811 g/mol. The van der Waals surface area contributed by atoms with Crippen molar-refractivity contribution in [1.82, 2.24) is 5.32 Å². The molecule has 3 atom stereocenters. The number of allylic oxidation sites excluding steroid dienone is 3. The minimum Gasteiger partial charge on any atom is -0.394 e. The van der Waals surface area contributed by atoms with Crippen molar-refractivity contribution in [3.63, 3.8) is 0 Å². The predicted octanol–water partition coefficient (Wildman–Crippen LogP) is 18.8. The molecule has 0 aliphatic heterocycles. The molecule has 0 saturated carbocycles. The molecule has 0 aliphatic rings. The van der Waals surface area contributed by atoms with E-state index in [1.165, 1.54) is 283 Å². The molecule has 5 nitrogen and oxygen atoms in total. The van der Waals surface area contributed by atoms with Crippen LogP contribution in [0.5, 0.6) is 0 Å². The fraction of sp³-hybridized carbons (Fsp3) is 0.918. The van der Waals surface area contributed by atoms with Crippen LogP contribution < -0.4 is 5.32 Å². The lowest BCUT2D eigenvalue weighted by Crippen LogP contribution is -2.45. The van der Waals surface area contributed by atoms with Crippen LogP contribution in [0.25, 0.3) is 0 Å². The molecule has 4 N–H and O–H groups in total. The van der Waals surface area contributed by atoms with E-state index in [0.717, 1.165) is 25.7 Å². The van der Waals surface area contributed by atoms with Crippen LogP contribution in [0.4, 0.5) is 0 Å². The van der Waals surface area contributed by atoms with Crippen LogP contribution in [0, 0.1) is 0 Å². The molecule has 0 aromatic rings. The lowest BCUT2D eigenvalue weighted by molar-refractivity contribution is -0.124. The highest BCUT2D eigenvalue weighted by Crippen LogP contribution is 2.18. The van der Waals surface area contributed by atoms with E-state index in [-0.39, 0.29) is 18.9 Å². The average Bonchev–Trinajstić information content (AvgIpc) is 3.31. The summed E-state index contributed by atoms with van der Waals surface area (Å²) in [6.07, 6.45) is 72.4. The summed E-state index contributed by atoms with van der Waals surface area (Å²) < 4.78 is 0. The standard InChI is InChI=1S/C61H119NO4/c1-3-5-7-9-11-13-15-17-19-21-23-25-27-28-29-30-31-33-34-36-38-40-42-44-46-48-50-52-54-58(64)56-61(66)62-59(57-63)60(65)55-53-51-49-47-45-43-41-39-37-35-32-26-24-22-20-18-16-14-12-10-8-6-4-2/h28-29,53,55,58-60,63-65H,3-27,30-52,54,56-57H2,1-2H3,(H,62,66)/b29-28-,55-53+. The molecule has 0 saturated heterocycles. The molecule has 0 radical (unpaired) electrons. The van der Waals surface area contributed by atoms with E-state index in [4.69, 9.17) is 0 Å². The molecule has 0 aromatic heterocycles. The van der Waals surface area contributed by atoms with Gasteiger partial charge in [0.2, 0.25) is 5.91 Å². The minimum atomic E-state index is -0.929. The Kier molecular flexibility index (Phi) is 55.4. The SMILES string of the molecule is CCCCCCCCCCCCCC/C=C\CCCCCCCCCCCCCCC(O)CC(=O)NC(CO)C(O)/C=C/CCCCCCCCCCCCCCCCCCCCCCC. The van der Waals surface area contributed by atoms with Gasteiger partial charge in [-0.25, -0.2) is 0 Å². The zero-order valence-electron chi connectivity index (χ0n) is 44.9. The second-order valence-electron chi connectivity index (χ2n) is 21.0. The van der Waals surface area contributed by atoms with E-state index in [0.29, 0.717) is 6.42 Å². The molecule has 5 heteroatoms. The van der Waals surface area contributed by atoms with Gasteiger partial charge in [-0.05, 0) is 44.9 Å². The van der Waals surface area contributed by atoms with Gasteiger partial charge in [0, 0.05) is 0 Å². The zero-order chi connectivity index (χ0) is 47.9. The molecule has 3 unspecified atom stereocenters. The van der Waals surface area contributed by atoms with Crippen molar-refractivity contribution in [1.29, 1.82) is 0 Å². The molecule has 66 heavy (non-hydrogen) atoms. The van der Waals surface area contributed by atoms with Crippen LogP contribution in [-0.2, 0) is 4.79 Å². The first-order valence-electron chi connectivity index (χ1n) is 30.1. The highest BCUT2D eigenvalue weighted by atomic mass is 16.3. The van der Waals surface area contributed by atoms with Gasteiger partial charge >= 0.3 is 0 Å². The molecule has 0 bridgehead atoms. The average molecular weight is 931 g/mol. The van der Waals surface area contributed by atoms with Gasteiger partial charge in [0.05, 0.1) is 31.3 Å². The Labute approximate surface area is 413 Å². The molecule has 0 rings (SSSR count). The number of hydrogen-bond acceptors (Lipinski definition) is 4. The van der Waals surface area contributed by atoms with Gasteiger partial charge in [0.25, 0.3) is 0 Å². The highest BCUT2D eigenvalue weighted by molar-refractivity contribution is 5.76. The van der Waals surface area contributed by atoms with Crippen LogP contribution in [0.3, 0.4) is 0 Å². The Hall–Kier alpha value is -1.17. The Balaban J connectivity index is 3.53. The third-order valence-corrected chi connectivity index (χ3v) is 14.2. The molecule has 392 valence electrons. The van der Waals surface area contributed by atoms with Crippen LogP contribution >= 0.6 is 0 Å². The van der Waals surface area contributed by atoms with Crippen LogP contribution in [0.2, 0.25) is 0 Å². The summed E-state index contributed by atoms with van der Waals surface area (Å²) >= 11 is 0. The fourth-order valence-electron chi connectivity index (χ4n) is 9.63.